The van der Waals surface area contributed by atoms with Gasteiger partial charge in [0.1, 0.15) is 17.4 Å². The molecule has 2 N–H and O–H groups in total. The molecule has 0 fully saturated rings. The monoisotopic (exact) mass is 446 g/mol. The highest BCUT2D eigenvalue weighted by molar-refractivity contribution is 7.92. The van der Waals surface area contributed by atoms with Crippen LogP contribution in [0.3, 0.4) is 0 Å². The molecule has 0 saturated carbocycles. The Hall–Kier alpha value is -3.46. The van der Waals surface area contributed by atoms with Crippen molar-refractivity contribution in [3.05, 3.63) is 90.0 Å². The summed E-state index contributed by atoms with van der Waals surface area (Å²) in [6, 6.07) is 16.1. The summed E-state index contributed by atoms with van der Waals surface area (Å²) in [5, 5.41) is 2.69. The number of hydrogen-bond acceptors (Lipinski definition) is 4. The van der Waals surface area contributed by atoms with E-state index in [2.05, 4.69) is 10.0 Å². The van der Waals surface area contributed by atoms with Crippen molar-refractivity contribution in [3.63, 3.8) is 0 Å². The van der Waals surface area contributed by atoms with E-state index in [0.29, 0.717) is 25.3 Å². The van der Waals surface area contributed by atoms with E-state index in [1.165, 1.54) is 60.7 Å². The predicted octanol–water partition coefficient (Wildman–Crippen LogP) is 3.96. The van der Waals surface area contributed by atoms with Gasteiger partial charge in [-0.2, -0.15) is 0 Å². The Morgan fingerprint density at radius 3 is 2.23 bits per heavy atom. The van der Waals surface area contributed by atoms with Crippen molar-refractivity contribution in [2.45, 2.75) is 11.3 Å². The van der Waals surface area contributed by atoms with Crippen molar-refractivity contribution in [2.24, 2.45) is 0 Å². The SMILES string of the molecule is O=C(NCCCOc1ccc(F)cc1)c1cccc(S(=O)(=O)Nc2ccc(F)cc2)c1. The summed E-state index contributed by atoms with van der Waals surface area (Å²) in [7, 11) is -3.94. The summed E-state index contributed by atoms with van der Waals surface area (Å²) < 4.78 is 58.7. The minimum Gasteiger partial charge on any atom is -0.494 e. The molecule has 0 aliphatic heterocycles. The van der Waals surface area contributed by atoms with Crippen molar-refractivity contribution in [2.75, 3.05) is 17.9 Å². The van der Waals surface area contributed by atoms with Gasteiger partial charge >= 0.3 is 0 Å². The van der Waals surface area contributed by atoms with Crippen LogP contribution in [-0.4, -0.2) is 27.5 Å². The molecule has 6 nitrogen and oxygen atoms in total. The first-order valence-electron chi connectivity index (χ1n) is 9.38. The number of hydrogen-bond donors (Lipinski definition) is 2. The highest BCUT2D eigenvalue weighted by atomic mass is 32.2. The topological polar surface area (TPSA) is 84.5 Å². The van der Waals surface area contributed by atoms with Crippen molar-refractivity contribution in [1.82, 2.24) is 5.32 Å². The molecule has 0 aromatic heterocycles. The number of carbonyl (C=O) groups is 1. The molecule has 0 heterocycles. The molecule has 3 rings (SSSR count). The van der Waals surface area contributed by atoms with Crippen molar-refractivity contribution in [3.8, 4) is 5.75 Å². The van der Waals surface area contributed by atoms with E-state index in [0.717, 1.165) is 12.1 Å². The smallest absolute Gasteiger partial charge is 0.261 e. The van der Waals surface area contributed by atoms with Gasteiger partial charge in [-0.25, -0.2) is 17.2 Å². The van der Waals surface area contributed by atoms with Gasteiger partial charge in [-0.3, -0.25) is 9.52 Å². The third-order valence-corrected chi connectivity index (χ3v) is 5.57. The molecule has 0 aliphatic rings. The van der Waals surface area contributed by atoms with E-state index < -0.39 is 21.7 Å². The van der Waals surface area contributed by atoms with Crippen molar-refractivity contribution in [1.29, 1.82) is 0 Å². The fourth-order valence-corrected chi connectivity index (χ4v) is 3.74. The van der Waals surface area contributed by atoms with Crippen LogP contribution in [0.2, 0.25) is 0 Å². The van der Waals surface area contributed by atoms with Gasteiger partial charge < -0.3 is 10.1 Å². The molecule has 0 aliphatic carbocycles. The summed E-state index contributed by atoms with van der Waals surface area (Å²) >= 11 is 0. The van der Waals surface area contributed by atoms with Gasteiger partial charge in [0.25, 0.3) is 15.9 Å². The first-order chi connectivity index (χ1) is 14.8. The van der Waals surface area contributed by atoms with Gasteiger partial charge in [0.2, 0.25) is 0 Å². The minimum absolute atomic E-state index is 0.0934. The van der Waals surface area contributed by atoms with E-state index in [1.807, 2.05) is 0 Å². The number of carbonyl (C=O) groups excluding carboxylic acids is 1. The largest absolute Gasteiger partial charge is 0.494 e. The summed E-state index contributed by atoms with van der Waals surface area (Å²) in [6.07, 6.45) is 0.507. The van der Waals surface area contributed by atoms with Crippen LogP contribution in [0.5, 0.6) is 5.75 Å². The summed E-state index contributed by atoms with van der Waals surface area (Å²) in [5.74, 6) is -0.735. The molecule has 0 unspecified atom stereocenters. The van der Waals surface area contributed by atoms with Crippen LogP contribution in [0.15, 0.2) is 77.7 Å². The van der Waals surface area contributed by atoms with Gasteiger partial charge in [-0.1, -0.05) is 6.07 Å². The van der Waals surface area contributed by atoms with Gasteiger partial charge in [0, 0.05) is 17.8 Å². The minimum atomic E-state index is -3.94. The molecule has 0 saturated heterocycles. The molecule has 3 aromatic carbocycles. The van der Waals surface area contributed by atoms with Crippen molar-refractivity contribution >= 4 is 21.6 Å². The Morgan fingerprint density at radius 2 is 1.55 bits per heavy atom. The van der Waals surface area contributed by atoms with Gasteiger partial charge in [0.15, 0.2) is 0 Å². The molecule has 0 bridgehead atoms. The van der Waals surface area contributed by atoms with E-state index in [-0.39, 0.29) is 22.0 Å². The van der Waals surface area contributed by atoms with Crippen LogP contribution in [0.25, 0.3) is 0 Å². The highest BCUT2D eigenvalue weighted by Gasteiger charge is 2.16. The number of nitrogens with one attached hydrogen (secondary N) is 2. The van der Waals surface area contributed by atoms with E-state index in [1.54, 1.807) is 0 Å². The maximum Gasteiger partial charge on any atom is 0.261 e. The van der Waals surface area contributed by atoms with Crippen LogP contribution in [0.4, 0.5) is 14.5 Å². The Morgan fingerprint density at radius 1 is 0.903 bits per heavy atom. The van der Waals surface area contributed by atoms with E-state index in [9.17, 15) is 22.0 Å². The lowest BCUT2D eigenvalue weighted by Crippen LogP contribution is -2.26. The summed E-state index contributed by atoms with van der Waals surface area (Å²) in [6.45, 7) is 0.632. The molecule has 9 heteroatoms. The predicted molar refractivity (Wildman–Crippen MR) is 112 cm³/mol. The number of rotatable bonds is 9. The number of ether oxygens (including phenoxy) is 1. The maximum absolute atomic E-state index is 13.0. The van der Waals surface area contributed by atoms with Crippen molar-refractivity contribution < 1.29 is 26.7 Å². The third kappa shape index (κ3) is 6.51. The first-order valence-corrected chi connectivity index (χ1v) is 10.9. The standard InChI is InChI=1S/C22H20F2N2O4S/c23-17-5-9-19(10-6-17)26-31(28,29)21-4-1-3-16(15-21)22(27)25-13-2-14-30-20-11-7-18(24)8-12-20/h1,3-12,15,26H,2,13-14H2,(H,25,27). The maximum atomic E-state index is 13.0. The van der Waals surface area contributed by atoms with E-state index >= 15 is 0 Å². The second kappa shape index (κ2) is 10.0. The number of amides is 1. The second-order valence-electron chi connectivity index (χ2n) is 6.55. The van der Waals surface area contributed by atoms with Crippen LogP contribution < -0.4 is 14.8 Å². The Bertz CT molecular complexity index is 1130. The zero-order valence-electron chi connectivity index (χ0n) is 16.3. The van der Waals surface area contributed by atoms with Crippen LogP contribution in [-0.2, 0) is 10.0 Å². The van der Waals surface area contributed by atoms with Crippen LogP contribution >= 0.6 is 0 Å². The Labute approximate surface area is 178 Å². The molecular weight excluding hydrogens is 426 g/mol. The molecule has 31 heavy (non-hydrogen) atoms. The molecule has 0 radical (unpaired) electrons. The Balaban J connectivity index is 1.53. The lowest BCUT2D eigenvalue weighted by molar-refractivity contribution is 0.0951. The zero-order chi connectivity index (χ0) is 22.3. The summed E-state index contributed by atoms with van der Waals surface area (Å²) in [5.41, 5.74) is 0.388. The lowest BCUT2D eigenvalue weighted by atomic mass is 10.2. The van der Waals surface area contributed by atoms with Crippen LogP contribution in [0, 0.1) is 11.6 Å². The number of anilines is 1. The van der Waals surface area contributed by atoms with Gasteiger partial charge in [-0.15, -0.1) is 0 Å². The average molecular weight is 446 g/mol. The fraction of sp³-hybridized carbons (Fsp3) is 0.136. The second-order valence-corrected chi connectivity index (χ2v) is 8.23. The first kappa shape index (κ1) is 22.2. The molecular formula is C22H20F2N2O4S. The number of sulfonamides is 1. The fourth-order valence-electron chi connectivity index (χ4n) is 2.63. The summed E-state index contributed by atoms with van der Waals surface area (Å²) in [4.78, 5) is 12.2. The number of benzene rings is 3. The molecule has 162 valence electrons. The highest BCUT2D eigenvalue weighted by Crippen LogP contribution is 2.18. The zero-order valence-corrected chi connectivity index (χ0v) is 17.2. The Kier molecular flexibility index (Phi) is 7.19. The normalized spacial score (nSPS) is 11.0. The lowest BCUT2D eigenvalue weighted by Gasteiger charge is -2.10. The quantitative estimate of drug-likeness (QED) is 0.487. The number of halogens is 2. The third-order valence-electron chi connectivity index (χ3n) is 4.19. The van der Waals surface area contributed by atoms with Gasteiger partial charge in [-0.05, 0) is 73.2 Å². The molecule has 1 amide bonds. The molecule has 0 atom stereocenters. The van der Waals surface area contributed by atoms with Gasteiger partial charge in [0.05, 0.1) is 11.5 Å². The average Bonchev–Trinajstić information content (AvgIpc) is 2.76. The molecule has 0 spiro atoms. The van der Waals surface area contributed by atoms with Crippen LogP contribution in [0.1, 0.15) is 16.8 Å². The van der Waals surface area contributed by atoms with E-state index in [4.69, 9.17) is 4.74 Å². The molecule has 3 aromatic rings.